The van der Waals surface area contributed by atoms with Crippen LogP contribution in [-0.2, 0) is 0 Å². The molecule has 0 spiro atoms. The monoisotopic (exact) mass is 351 g/mol. The molecule has 4 rings (SSSR count). The lowest BCUT2D eigenvalue weighted by Gasteiger charge is -2.10. The van der Waals surface area contributed by atoms with Gasteiger partial charge in [-0.25, -0.2) is 15.0 Å². The zero-order chi connectivity index (χ0) is 18.6. The molecule has 0 saturated carbocycles. The third kappa shape index (κ3) is 3.77. The fraction of sp³-hybridized carbons (Fsp3) is 0.125. The van der Waals surface area contributed by atoms with E-state index >= 15 is 0 Å². The molecule has 0 amide bonds. The molecule has 1 heterocycles. The van der Waals surface area contributed by atoms with Crippen molar-refractivity contribution in [2.45, 2.75) is 19.8 Å². The summed E-state index contributed by atoms with van der Waals surface area (Å²) >= 11 is 0. The van der Waals surface area contributed by atoms with Gasteiger partial charge in [-0.15, -0.1) is 0 Å². The summed E-state index contributed by atoms with van der Waals surface area (Å²) in [6.45, 7) is 4.21. The van der Waals surface area contributed by atoms with E-state index in [1.807, 2.05) is 36.4 Å². The standard InChI is InChI=1S/C24H21N3/c1-17(2)22-25-23(20-11-7-4-8-12-20)27-24(26-22)21-15-13-19(14-16-21)18-9-5-3-6-10-18/h3-17H,1-2H3. The smallest absolute Gasteiger partial charge is 0.163 e. The van der Waals surface area contributed by atoms with Gasteiger partial charge in [0, 0.05) is 17.0 Å². The third-order valence-electron chi connectivity index (χ3n) is 4.45. The molecule has 4 aromatic rings. The Bertz CT molecular complexity index is 1020. The van der Waals surface area contributed by atoms with Gasteiger partial charge in [-0.05, 0) is 11.1 Å². The minimum atomic E-state index is 0.234. The van der Waals surface area contributed by atoms with Crippen LogP contribution in [0.4, 0.5) is 0 Å². The molecule has 0 unspecified atom stereocenters. The number of rotatable bonds is 4. The first-order chi connectivity index (χ1) is 13.2. The predicted octanol–water partition coefficient (Wildman–Crippen LogP) is 6.00. The first kappa shape index (κ1) is 17.1. The highest BCUT2D eigenvalue weighted by Gasteiger charge is 2.12. The summed E-state index contributed by atoms with van der Waals surface area (Å²) in [5, 5.41) is 0. The second-order valence-electron chi connectivity index (χ2n) is 6.80. The highest BCUT2D eigenvalue weighted by atomic mass is 15.0. The Hall–Kier alpha value is -3.33. The van der Waals surface area contributed by atoms with Crippen molar-refractivity contribution < 1.29 is 0 Å². The molecule has 0 aliphatic rings. The van der Waals surface area contributed by atoms with E-state index in [1.54, 1.807) is 0 Å². The Kier molecular flexibility index (Phi) is 4.75. The topological polar surface area (TPSA) is 38.7 Å². The molecule has 3 nitrogen and oxygen atoms in total. The number of aromatic nitrogens is 3. The van der Waals surface area contributed by atoms with E-state index in [-0.39, 0.29) is 5.92 Å². The molecule has 1 aromatic heterocycles. The van der Waals surface area contributed by atoms with Crippen molar-refractivity contribution in [1.29, 1.82) is 0 Å². The van der Waals surface area contributed by atoms with Crippen molar-refractivity contribution in [3.8, 4) is 33.9 Å². The van der Waals surface area contributed by atoms with Crippen molar-refractivity contribution in [2.75, 3.05) is 0 Å². The molecule has 132 valence electrons. The summed E-state index contributed by atoms with van der Waals surface area (Å²) in [7, 11) is 0. The minimum Gasteiger partial charge on any atom is -0.213 e. The van der Waals surface area contributed by atoms with Crippen molar-refractivity contribution in [3.05, 3.63) is 90.8 Å². The fourth-order valence-corrected chi connectivity index (χ4v) is 2.94. The van der Waals surface area contributed by atoms with Gasteiger partial charge in [0.15, 0.2) is 11.6 Å². The summed E-state index contributed by atoms with van der Waals surface area (Å²) in [5.74, 6) is 2.48. The number of benzene rings is 3. The average molecular weight is 351 g/mol. The Morgan fingerprint density at radius 1 is 0.481 bits per heavy atom. The summed E-state index contributed by atoms with van der Waals surface area (Å²) in [6, 6.07) is 28.8. The minimum absolute atomic E-state index is 0.234. The predicted molar refractivity (Wildman–Crippen MR) is 110 cm³/mol. The first-order valence-corrected chi connectivity index (χ1v) is 9.18. The van der Waals surface area contributed by atoms with Crippen LogP contribution in [0, 0.1) is 0 Å². The molecule has 0 bridgehead atoms. The Balaban J connectivity index is 1.76. The van der Waals surface area contributed by atoms with Gasteiger partial charge < -0.3 is 0 Å². The van der Waals surface area contributed by atoms with Gasteiger partial charge in [0.05, 0.1) is 0 Å². The molecular weight excluding hydrogens is 330 g/mol. The van der Waals surface area contributed by atoms with Gasteiger partial charge in [0.1, 0.15) is 5.82 Å². The fourth-order valence-electron chi connectivity index (χ4n) is 2.94. The second-order valence-corrected chi connectivity index (χ2v) is 6.80. The molecule has 3 heteroatoms. The van der Waals surface area contributed by atoms with Crippen LogP contribution in [0.2, 0.25) is 0 Å². The highest BCUT2D eigenvalue weighted by molar-refractivity contribution is 5.68. The van der Waals surface area contributed by atoms with Crippen LogP contribution in [0.15, 0.2) is 84.9 Å². The largest absolute Gasteiger partial charge is 0.213 e. The summed E-state index contributed by atoms with van der Waals surface area (Å²) < 4.78 is 0. The SMILES string of the molecule is CC(C)c1nc(-c2ccccc2)nc(-c2ccc(-c3ccccc3)cc2)n1. The zero-order valence-electron chi connectivity index (χ0n) is 15.5. The highest BCUT2D eigenvalue weighted by Crippen LogP contribution is 2.25. The summed E-state index contributed by atoms with van der Waals surface area (Å²) in [6.07, 6.45) is 0. The maximum atomic E-state index is 4.74. The van der Waals surface area contributed by atoms with Crippen molar-refractivity contribution in [1.82, 2.24) is 15.0 Å². The lowest BCUT2D eigenvalue weighted by molar-refractivity contribution is 0.766. The van der Waals surface area contributed by atoms with Gasteiger partial charge in [0.25, 0.3) is 0 Å². The lowest BCUT2D eigenvalue weighted by atomic mass is 10.0. The van der Waals surface area contributed by atoms with Gasteiger partial charge in [-0.3, -0.25) is 0 Å². The Morgan fingerprint density at radius 3 is 1.41 bits per heavy atom. The van der Waals surface area contributed by atoms with Gasteiger partial charge in [-0.1, -0.05) is 98.8 Å². The molecule has 0 aliphatic carbocycles. The number of hydrogen-bond donors (Lipinski definition) is 0. The Morgan fingerprint density at radius 2 is 0.889 bits per heavy atom. The second kappa shape index (κ2) is 7.50. The van der Waals surface area contributed by atoms with E-state index < -0.39 is 0 Å². The van der Waals surface area contributed by atoms with Crippen LogP contribution >= 0.6 is 0 Å². The average Bonchev–Trinajstić information content (AvgIpc) is 2.75. The number of hydrogen-bond acceptors (Lipinski definition) is 3. The van der Waals surface area contributed by atoms with Gasteiger partial charge in [-0.2, -0.15) is 0 Å². The summed E-state index contributed by atoms with van der Waals surface area (Å²) in [5.41, 5.74) is 4.38. The quantitative estimate of drug-likeness (QED) is 0.453. The summed E-state index contributed by atoms with van der Waals surface area (Å²) in [4.78, 5) is 14.1. The molecule has 0 N–H and O–H groups in total. The molecular formula is C24H21N3. The van der Waals surface area contributed by atoms with Crippen LogP contribution in [0.1, 0.15) is 25.6 Å². The molecule has 3 aromatic carbocycles. The van der Waals surface area contributed by atoms with Gasteiger partial charge >= 0.3 is 0 Å². The van der Waals surface area contributed by atoms with E-state index in [0.717, 1.165) is 22.8 Å². The molecule has 0 saturated heterocycles. The van der Waals surface area contributed by atoms with Crippen molar-refractivity contribution in [3.63, 3.8) is 0 Å². The van der Waals surface area contributed by atoms with E-state index in [4.69, 9.17) is 9.97 Å². The third-order valence-corrected chi connectivity index (χ3v) is 4.45. The van der Waals surface area contributed by atoms with E-state index in [1.165, 1.54) is 11.1 Å². The Labute approximate surface area is 159 Å². The molecule has 0 radical (unpaired) electrons. The van der Waals surface area contributed by atoms with E-state index in [2.05, 4.69) is 67.4 Å². The molecule has 27 heavy (non-hydrogen) atoms. The van der Waals surface area contributed by atoms with Crippen LogP contribution in [0.3, 0.4) is 0 Å². The van der Waals surface area contributed by atoms with E-state index in [9.17, 15) is 0 Å². The normalized spacial score (nSPS) is 10.9. The molecule has 0 fully saturated rings. The lowest BCUT2D eigenvalue weighted by Crippen LogP contribution is -2.04. The molecule has 0 atom stereocenters. The number of nitrogens with zero attached hydrogens (tertiary/aromatic N) is 3. The van der Waals surface area contributed by atoms with Crippen molar-refractivity contribution in [2.24, 2.45) is 0 Å². The van der Waals surface area contributed by atoms with Crippen LogP contribution < -0.4 is 0 Å². The van der Waals surface area contributed by atoms with E-state index in [0.29, 0.717) is 5.82 Å². The maximum Gasteiger partial charge on any atom is 0.163 e. The van der Waals surface area contributed by atoms with Crippen LogP contribution in [0.5, 0.6) is 0 Å². The maximum absolute atomic E-state index is 4.74. The zero-order valence-corrected chi connectivity index (χ0v) is 15.5. The van der Waals surface area contributed by atoms with Crippen LogP contribution in [-0.4, -0.2) is 15.0 Å². The van der Waals surface area contributed by atoms with Crippen molar-refractivity contribution >= 4 is 0 Å². The molecule has 0 aliphatic heterocycles. The van der Waals surface area contributed by atoms with Crippen LogP contribution in [0.25, 0.3) is 33.9 Å². The van der Waals surface area contributed by atoms with Gasteiger partial charge in [0.2, 0.25) is 0 Å². The first-order valence-electron chi connectivity index (χ1n) is 9.18.